The van der Waals surface area contributed by atoms with E-state index >= 15 is 0 Å². The van der Waals surface area contributed by atoms with Crippen LogP contribution < -0.4 is 5.32 Å². The summed E-state index contributed by atoms with van der Waals surface area (Å²) in [4.78, 5) is 69.0. The number of esters is 1. The predicted molar refractivity (Wildman–Crippen MR) is 132 cm³/mol. The first kappa shape index (κ1) is 30.3. The van der Waals surface area contributed by atoms with Gasteiger partial charge in [0.2, 0.25) is 18.3 Å². The number of hydrogen-bond acceptors (Lipinski definition) is 11. The molecule has 2 unspecified atom stereocenters. The van der Waals surface area contributed by atoms with Gasteiger partial charge in [-0.3, -0.25) is 9.63 Å². The summed E-state index contributed by atoms with van der Waals surface area (Å²) in [5, 5.41) is 14.4. The van der Waals surface area contributed by atoms with Gasteiger partial charge in [0.1, 0.15) is 6.61 Å². The van der Waals surface area contributed by atoms with E-state index in [4.69, 9.17) is 9.47 Å². The van der Waals surface area contributed by atoms with Gasteiger partial charge in [-0.25, -0.2) is 9.59 Å². The molecular weight excluding hydrogens is 504 g/mol. The molecule has 2 rings (SSSR count). The number of alkyl carbamates (subject to hydrolysis) is 1. The van der Waals surface area contributed by atoms with Gasteiger partial charge in [-0.2, -0.15) is 0 Å². The van der Waals surface area contributed by atoms with Crippen molar-refractivity contribution in [3.63, 3.8) is 0 Å². The van der Waals surface area contributed by atoms with Gasteiger partial charge in [0, 0.05) is 26.6 Å². The van der Waals surface area contributed by atoms with Crippen LogP contribution in [0.2, 0.25) is 0 Å². The van der Waals surface area contributed by atoms with Crippen LogP contribution in [-0.4, -0.2) is 66.6 Å². The second kappa shape index (κ2) is 14.7. The monoisotopic (exact) mass is 538 g/mol. The lowest BCUT2D eigenvalue weighted by molar-refractivity contribution is -0.765. The lowest BCUT2D eigenvalue weighted by Crippen LogP contribution is -2.41. The molecule has 0 aromatic heterocycles. The molecule has 0 aliphatic heterocycles. The van der Waals surface area contributed by atoms with Crippen molar-refractivity contribution in [3.8, 4) is 0 Å². The Bertz CT molecular complexity index is 959. The van der Waals surface area contributed by atoms with Crippen molar-refractivity contribution < 1.29 is 38.6 Å². The average Bonchev–Trinajstić information content (AvgIpc) is 3.63. The van der Waals surface area contributed by atoms with Gasteiger partial charge in [0.15, 0.2) is 5.34 Å². The number of carbonyl (C=O) groups excluding carboxylic acids is 3. The summed E-state index contributed by atoms with van der Waals surface area (Å²) < 4.78 is 10.0. The smallest absolute Gasteiger partial charge is 0.410 e. The lowest BCUT2D eigenvalue weighted by Gasteiger charge is -2.26. The molecule has 1 N–H and O–H groups in total. The van der Waals surface area contributed by atoms with Crippen molar-refractivity contribution >= 4 is 18.0 Å². The van der Waals surface area contributed by atoms with Crippen molar-refractivity contribution in [2.75, 3.05) is 26.2 Å². The van der Waals surface area contributed by atoms with Gasteiger partial charge < -0.3 is 24.5 Å². The maximum absolute atomic E-state index is 13.4. The first-order chi connectivity index (χ1) is 18.2. The first-order valence-corrected chi connectivity index (χ1v) is 12.4. The van der Waals surface area contributed by atoms with Crippen LogP contribution in [0.5, 0.6) is 0 Å². The predicted octanol–water partition coefficient (Wildman–Crippen LogP) is 2.87. The molecule has 4 atom stereocenters. The summed E-state index contributed by atoms with van der Waals surface area (Å²) in [5.41, 5.74) is 0.142. The Morgan fingerprint density at radius 3 is 2.47 bits per heavy atom. The number of rotatable bonds is 17. The molecule has 0 saturated heterocycles. The number of likely N-dealkylation sites (N-methyl/N-ethyl adjacent to an activating group) is 1. The largest absolute Gasteiger partial charge is 0.424 e. The van der Waals surface area contributed by atoms with Crippen LogP contribution in [0.3, 0.4) is 0 Å². The van der Waals surface area contributed by atoms with E-state index in [0.717, 1.165) is 5.56 Å². The Morgan fingerprint density at radius 1 is 1.18 bits per heavy atom. The number of unbranched alkanes of at least 4 members (excludes halogenated alkanes) is 1. The molecule has 1 aliphatic carbocycles. The summed E-state index contributed by atoms with van der Waals surface area (Å²) in [6.45, 7) is 6.38. The maximum Gasteiger partial charge on any atom is 0.410 e. The topological polar surface area (TPSA) is 176 Å². The third-order valence-corrected chi connectivity index (χ3v) is 6.36. The summed E-state index contributed by atoms with van der Waals surface area (Å²) in [6, 6.07) is 9.40. The Labute approximate surface area is 219 Å². The molecule has 1 aromatic rings. The molecule has 210 valence electrons. The van der Waals surface area contributed by atoms with E-state index in [1.807, 2.05) is 44.2 Å². The normalized spacial score (nSPS) is 19.3. The van der Waals surface area contributed by atoms with Gasteiger partial charge in [-0.05, 0) is 51.0 Å². The van der Waals surface area contributed by atoms with Crippen LogP contribution in [0.4, 0.5) is 4.79 Å². The molecule has 1 fully saturated rings. The highest BCUT2D eigenvalue weighted by molar-refractivity contribution is 5.92. The fourth-order valence-corrected chi connectivity index (χ4v) is 4.36. The molecule has 14 heteroatoms. The minimum Gasteiger partial charge on any atom is -0.424 e. The van der Waals surface area contributed by atoms with Crippen molar-refractivity contribution in [2.45, 2.75) is 64.3 Å². The Hall–Kier alpha value is -3.97. The zero-order chi connectivity index (χ0) is 28.1. The lowest BCUT2D eigenvalue weighted by atomic mass is 9.91. The van der Waals surface area contributed by atoms with E-state index in [1.165, 1.54) is 6.92 Å². The van der Waals surface area contributed by atoms with Crippen molar-refractivity contribution in [3.05, 3.63) is 50.9 Å². The summed E-state index contributed by atoms with van der Waals surface area (Å²) >= 11 is 0. The second-order valence-corrected chi connectivity index (χ2v) is 8.73. The fraction of sp³-hybridized carbons (Fsp3) is 0.625. The quantitative estimate of drug-likeness (QED) is 0.0775. The molecule has 1 saturated carbocycles. The highest BCUT2D eigenvalue weighted by atomic mass is 17.0. The molecular formula is C24H34N4O10. The minimum absolute atomic E-state index is 0.00183. The summed E-state index contributed by atoms with van der Waals surface area (Å²) in [5.74, 6) is -1.24. The SMILES string of the molecule is CCN(CC)C(=O)[C@]1(c2ccccc2)C[C@@H]1CNC(=O)OC(C)OC(=O)C(CCCCON=O)O[N+](=O)[O-]. The van der Waals surface area contributed by atoms with E-state index in [0.29, 0.717) is 25.9 Å². The first-order valence-electron chi connectivity index (χ1n) is 12.4. The molecule has 0 radical (unpaired) electrons. The zero-order valence-corrected chi connectivity index (χ0v) is 21.7. The summed E-state index contributed by atoms with van der Waals surface area (Å²) in [6.07, 6.45) is -2.77. The van der Waals surface area contributed by atoms with E-state index in [9.17, 15) is 29.4 Å². The molecule has 1 aliphatic rings. The van der Waals surface area contributed by atoms with E-state index in [2.05, 4.69) is 20.3 Å². The Morgan fingerprint density at radius 2 is 1.87 bits per heavy atom. The molecule has 14 nitrogen and oxygen atoms in total. The zero-order valence-electron chi connectivity index (χ0n) is 21.7. The standard InChI is InChI=1S/C24H34N4O10/c1-4-27(5-2)22(30)24(18-11-7-6-8-12-18)15-19(24)16-25-23(31)37-17(3)36-21(29)20(38-28(33)34)13-9-10-14-35-26-32/h6-8,11-12,17,19-20H,4-5,9-10,13-16H2,1-3H3,(H,25,31)/t17?,19-,20?,24+/m1/s1. The number of carbonyl (C=O) groups is 3. The van der Waals surface area contributed by atoms with Gasteiger partial charge in [0.25, 0.3) is 5.09 Å². The fourth-order valence-electron chi connectivity index (χ4n) is 4.36. The highest BCUT2D eigenvalue weighted by Crippen LogP contribution is 2.55. The number of ether oxygens (including phenoxy) is 2. The number of amides is 2. The average molecular weight is 539 g/mol. The van der Waals surface area contributed by atoms with E-state index < -0.39 is 35.0 Å². The molecule has 38 heavy (non-hydrogen) atoms. The highest BCUT2D eigenvalue weighted by Gasteiger charge is 2.61. The number of nitrogens with one attached hydrogen (secondary N) is 1. The number of hydrogen-bond donors (Lipinski definition) is 1. The third kappa shape index (κ3) is 8.28. The van der Waals surface area contributed by atoms with Crippen LogP contribution in [-0.2, 0) is 34.2 Å². The van der Waals surface area contributed by atoms with Crippen LogP contribution in [0.1, 0.15) is 52.0 Å². The van der Waals surface area contributed by atoms with E-state index in [1.54, 1.807) is 4.90 Å². The van der Waals surface area contributed by atoms with Gasteiger partial charge in [0.05, 0.1) is 5.41 Å². The van der Waals surface area contributed by atoms with Crippen LogP contribution in [0.15, 0.2) is 35.7 Å². The van der Waals surface area contributed by atoms with Gasteiger partial charge in [-0.1, -0.05) is 30.3 Å². The Balaban J connectivity index is 1.89. The molecule has 2 amide bonds. The molecule has 1 aromatic carbocycles. The molecule has 0 spiro atoms. The van der Waals surface area contributed by atoms with Crippen molar-refractivity contribution in [1.29, 1.82) is 0 Å². The van der Waals surface area contributed by atoms with Gasteiger partial charge >= 0.3 is 12.1 Å². The van der Waals surface area contributed by atoms with Crippen molar-refractivity contribution in [1.82, 2.24) is 10.2 Å². The van der Waals surface area contributed by atoms with Crippen LogP contribution in [0.25, 0.3) is 0 Å². The minimum atomic E-state index is -1.55. The van der Waals surface area contributed by atoms with Crippen molar-refractivity contribution in [2.24, 2.45) is 11.3 Å². The molecule has 0 heterocycles. The van der Waals surface area contributed by atoms with E-state index in [-0.39, 0.29) is 37.8 Å². The second-order valence-electron chi connectivity index (χ2n) is 8.73. The van der Waals surface area contributed by atoms with Crippen LogP contribution >= 0.6 is 0 Å². The van der Waals surface area contributed by atoms with Gasteiger partial charge in [-0.15, -0.1) is 15.0 Å². The molecule has 0 bridgehead atoms. The maximum atomic E-state index is 13.4. The Kier molecular flexibility index (Phi) is 11.7. The van der Waals surface area contributed by atoms with Crippen LogP contribution in [0, 0.1) is 20.9 Å². The number of nitrogens with zero attached hydrogens (tertiary/aromatic N) is 3. The summed E-state index contributed by atoms with van der Waals surface area (Å²) in [7, 11) is 0. The third-order valence-electron chi connectivity index (χ3n) is 6.36. The number of benzene rings is 1.